The van der Waals surface area contributed by atoms with Crippen LogP contribution in [0.5, 0.6) is 0 Å². The topological polar surface area (TPSA) is 55.8 Å². The average Bonchev–Trinajstić information content (AvgIpc) is 2.17. The second kappa shape index (κ2) is 7.92. The minimum atomic E-state index is -0.790. The quantitative estimate of drug-likeness (QED) is 0.637. The number of thioether (sulfide) groups is 1. The smallest absolute Gasteiger partial charge is 0.319 e. The highest BCUT2D eigenvalue weighted by Gasteiger charge is 2.27. The molecule has 0 aliphatic carbocycles. The fraction of sp³-hybridized carbons (Fsp3) is 0.909. The van der Waals surface area contributed by atoms with Crippen molar-refractivity contribution in [2.75, 3.05) is 19.0 Å². The van der Waals surface area contributed by atoms with Gasteiger partial charge in [0, 0.05) is 19.6 Å². The maximum Gasteiger partial charge on any atom is 0.319 e. The number of rotatable bonds is 9. The number of hydrogen-bond donors (Lipinski definition) is 1. The summed E-state index contributed by atoms with van der Waals surface area (Å²) >= 11 is 1.41. The molecular weight excluding hydrogens is 228 g/mol. The lowest BCUT2D eigenvalue weighted by molar-refractivity contribution is -0.139. The Morgan fingerprint density at radius 2 is 1.81 bits per heavy atom. The van der Waals surface area contributed by atoms with Gasteiger partial charge in [-0.25, -0.2) is 0 Å². The summed E-state index contributed by atoms with van der Waals surface area (Å²) in [6, 6.07) is 0. The Bertz CT molecular complexity index is 200. The van der Waals surface area contributed by atoms with Gasteiger partial charge < -0.3 is 14.6 Å². The van der Waals surface area contributed by atoms with Crippen LogP contribution in [0.15, 0.2) is 0 Å². The van der Waals surface area contributed by atoms with Crippen LogP contribution in [-0.2, 0) is 14.3 Å². The number of hydrogen-bond acceptors (Lipinski definition) is 4. The molecule has 0 heterocycles. The van der Waals surface area contributed by atoms with Crippen molar-refractivity contribution in [1.82, 2.24) is 0 Å². The average molecular weight is 250 g/mol. The zero-order valence-electron chi connectivity index (χ0n) is 10.5. The molecule has 0 aromatic rings. The number of carboxylic acids is 1. The Balaban J connectivity index is 3.88. The van der Waals surface area contributed by atoms with E-state index in [1.54, 1.807) is 13.8 Å². The monoisotopic (exact) mass is 250 g/mol. The third kappa shape index (κ3) is 6.35. The molecule has 0 spiro atoms. The predicted molar refractivity (Wildman–Crippen MR) is 65.8 cm³/mol. The van der Waals surface area contributed by atoms with Crippen molar-refractivity contribution in [3.8, 4) is 0 Å². The Kier molecular flexibility index (Phi) is 7.80. The number of ether oxygens (including phenoxy) is 2. The van der Waals surface area contributed by atoms with Crippen molar-refractivity contribution in [1.29, 1.82) is 0 Å². The fourth-order valence-corrected chi connectivity index (χ4v) is 2.00. The highest BCUT2D eigenvalue weighted by molar-refractivity contribution is 8.01. The van der Waals surface area contributed by atoms with Crippen LogP contribution >= 0.6 is 11.8 Å². The fourth-order valence-electron chi connectivity index (χ4n) is 1.06. The highest BCUT2D eigenvalue weighted by Crippen LogP contribution is 2.25. The van der Waals surface area contributed by atoms with Crippen LogP contribution in [0.1, 0.15) is 34.1 Å². The molecule has 0 saturated carbocycles. The van der Waals surface area contributed by atoms with Crippen molar-refractivity contribution < 1.29 is 19.4 Å². The third-order valence-corrected chi connectivity index (χ3v) is 3.37. The minimum Gasteiger partial charge on any atom is -0.480 e. The molecule has 0 rings (SSSR count). The van der Waals surface area contributed by atoms with Crippen molar-refractivity contribution in [2.45, 2.75) is 45.2 Å². The third-order valence-electron chi connectivity index (χ3n) is 2.04. The van der Waals surface area contributed by atoms with Gasteiger partial charge in [-0.2, -0.15) is 0 Å². The van der Waals surface area contributed by atoms with Crippen LogP contribution in [0.25, 0.3) is 0 Å². The molecule has 1 N–H and O–H groups in total. The lowest BCUT2D eigenvalue weighted by Gasteiger charge is -2.21. The molecule has 0 aliphatic rings. The van der Waals surface area contributed by atoms with Crippen LogP contribution in [0.2, 0.25) is 0 Å². The number of carboxylic acid groups (broad SMARTS) is 1. The first-order chi connectivity index (χ1) is 7.44. The van der Waals surface area contributed by atoms with Crippen LogP contribution in [0.3, 0.4) is 0 Å². The van der Waals surface area contributed by atoms with Crippen LogP contribution in [-0.4, -0.2) is 41.1 Å². The van der Waals surface area contributed by atoms with E-state index in [1.165, 1.54) is 11.8 Å². The summed E-state index contributed by atoms with van der Waals surface area (Å²) in [5.41, 5.74) is 0. The Morgan fingerprint density at radius 1 is 1.31 bits per heavy atom. The molecule has 0 aromatic heterocycles. The summed E-state index contributed by atoms with van der Waals surface area (Å²) in [5.74, 6) is -0.0777. The molecule has 0 amide bonds. The van der Waals surface area contributed by atoms with Crippen LogP contribution in [0, 0.1) is 0 Å². The molecule has 4 nitrogen and oxygen atoms in total. The number of aliphatic carboxylic acids is 1. The van der Waals surface area contributed by atoms with E-state index >= 15 is 0 Å². The zero-order valence-corrected chi connectivity index (χ0v) is 11.3. The van der Waals surface area contributed by atoms with Gasteiger partial charge in [0.15, 0.2) is 6.29 Å². The second-order valence-electron chi connectivity index (χ2n) is 3.79. The largest absolute Gasteiger partial charge is 0.480 e. The number of carbonyl (C=O) groups is 1. The molecule has 5 heteroatoms. The molecule has 0 saturated heterocycles. The first kappa shape index (κ1) is 15.7. The van der Waals surface area contributed by atoms with Gasteiger partial charge in [-0.1, -0.05) is 0 Å². The van der Waals surface area contributed by atoms with Gasteiger partial charge >= 0.3 is 5.97 Å². The first-order valence-corrected chi connectivity index (χ1v) is 6.53. The Morgan fingerprint density at radius 3 is 2.19 bits per heavy atom. The van der Waals surface area contributed by atoms with Gasteiger partial charge in [-0.15, -0.1) is 11.8 Å². The van der Waals surface area contributed by atoms with E-state index in [9.17, 15) is 4.79 Å². The van der Waals surface area contributed by atoms with Gasteiger partial charge in [0.1, 0.15) is 4.75 Å². The van der Waals surface area contributed by atoms with E-state index in [2.05, 4.69) is 0 Å². The second-order valence-corrected chi connectivity index (χ2v) is 5.51. The normalized spacial score (nSPS) is 12.1. The predicted octanol–water partition coefficient (Wildman–Crippen LogP) is 2.37. The lowest BCUT2D eigenvalue weighted by Crippen LogP contribution is -2.28. The summed E-state index contributed by atoms with van der Waals surface area (Å²) in [4.78, 5) is 10.9. The van der Waals surface area contributed by atoms with Gasteiger partial charge in [0.05, 0.1) is 0 Å². The zero-order chi connectivity index (χ0) is 12.6. The van der Waals surface area contributed by atoms with Crippen LogP contribution < -0.4 is 0 Å². The Labute approximate surface area is 102 Å². The molecule has 0 aliphatic heterocycles. The Hall–Kier alpha value is -0.260. The van der Waals surface area contributed by atoms with Gasteiger partial charge in [-0.3, -0.25) is 4.79 Å². The van der Waals surface area contributed by atoms with Crippen molar-refractivity contribution in [2.24, 2.45) is 0 Å². The first-order valence-electron chi connectivity index (χ1n) is 5.54. The van der Waals surface area contributed by atoms with E-state index in [0.29, 0.717) is 25.4 Å². The van der Waals surface area contributed by atoms with E-state index in [4.69, 9.17) is 14.6 Å². The summed E-state index contributed by atoms with van der Waals surface area (Å²) in [6.07, 6.45) is 0.496. The molecule has 0 radical (unpaired) electrons. The van der Waals surface area contributed by atoms with Crippen LogP contribution in [0.4, 0.5) is 0 Å². The van der Waals surface area contributed by atoms with E-state index in [0.717, 1.165) is 0 Å². The summed E-state index contributed by atoms with van der Waals surface area (Å²) in [5, 5.41) is 8.93. The van der Waals surface area contributed by atoms with E-state index < -0.39 is 10.7 Å². The summed E-state index contributed by atoms with van der Waals surface area (Å²) in [6.45, 7) is 8.46. The molecule has 0 atom stereocenters. The molecule has 16 heavy (non-hydrogen) atoms. The van der Waals surface area contributed by atoms with E-state index in [-0.39, 0.29) is 6.29 Å². The van der Waals surface area contributed by atoms with Gasteiger partial charge in [-0.05, 0) is 33.4 Å². The maximum atomic E-state index is 10.9. The minimum absolute atomic E-state index is 0.216. The molecule has 0 unspecified atom stereocenters. The molecule has 0 bridgehead atoms. The highest BCUT2D eigenvalue weighted by atomic mass is 32.2. The summed E-state index contributed by atoms with van der Waals surface area (Å²) < 4.78 is 10.0. The van der Waals surface area contributed by atoms with Gasteiger partial charge in [0.2, 0.25) is 0 Å². The standard InChI is InChI=1S/C11H22O4S/c1-5-14-9(15-6-2)7-8-16-11(3,4)10(12)13/h9H,5-8H2,1-4H3,(H,12,13). The molecule has 96 valence electrons. The maximum absolute atomic E-state index is 10.9. The van der Waals surface area contributed by atoms with Crippen molar-refractivity contribution in [3.63, 3.8) is 0 Å². The van der Waals surface area contributed by atoms with E-state index in [1.807, 2.05) is 13.8 Å². The lowest BCUT2D eigenvalue weighted by atomic mass is 10.2. The van der Waals surface area contributed by atoms with Crippen molar-refractivity contribution in [3.05, 3.63) is 0 Å². The molecule has 0 fully saturated rings. The molecule has 0 aromatic carbocycles. The van der Waals surface area contributed by atoms with Crippen molar-refractivity contribution >= 4 is 17.7 Å². The summed E-state index contributed by atoms with van der Waals surface area (Å²) in [7, 11) is 0. The molecular formula is C11H22O4S. The van der Waals surface area contributed by atoms with Gasteiger partial charge in [0.25, 0.3) is 0 Å². The SMILES string of the molecule is CCOC(CCSC(C)(C)C(=O)O)OCC.